The lowest BCUT2D eigenvalue weighted by Gasteiger charge is -2.19. The third-order valence-corrected chi connectivity index (χ3v) is 3.81. The molecule has 2 aromatic carbocycles. The Kier molecular flexibility index (Phi) is 3.89. The molecule has 2 aromatic rings. The molecule has 4 nitrogen and oxygen atoms in total. The van der Waals surface area contributed by atoms with Crippen LogP contribution < -0.4 is 5.32 Å². The van der Waals surface area contributed by atoms with Crippen molar-refractivity contribution < 1.29 is 14.4 Å². The first-order valence-electron chi connectivity index (χ1n) is 7.36. The summed E-state index contributed by atoms with van der Waals surface area (Å²) in [5.74, 6) is -0.870. The molecule has 0 fully saturated rings. The van der Waals surface area contributed by atoms with Gasteiger partial charge in [0.05, 0.1) is 5.56 Å². The first-order chi connectivity index (χ1) is 11.1. The van der Waals surface area contributed by atoms with E-state index in [1.807, 2.05) is 13.0 Å². The van der Waals surface area contributed by atoms with E-state index in [2.05, 4.69) is 5.32 Å². The van der Waals surface area contributed by atoms with Crippen LogP contribution in [-0.4, -0.2) is 24.0 Å². The summed E-state index contributed by atoms with van der Waals surface area (Å²) in [6.07, 6.45) is 3.63. The van der Waals surface area contributed by atoms with Gasteiger partial charge in [-0.15, -0.1) is 0 Å². The van der Waals surface area contributed by atoms with Crippen molar-refractivity contribution in [3.63, 3.8) is 0 Å². The molecule has 0 heterocycles. The molecule has 0 saturated heterocycles. The molecule has 0 bridgehead atoms. The van der Waals surface area contributed by atoms with E-state index in [9.17, 15) is 14.4 Å². The minimum atomic E-state index is -0.361. The van der Waals surface area contributed by atoms with E-state index in [1.165, 1.54) is 0 Å². The average molecular weight is 305 g/mol. The van der Waals surface area contributed by atoms with E-state index in [1.54, 1.807) is 48.5 Å². The smallest absolute Gasteiger partial charge is 0.252 e. The number of rotatable bonds is 3. The van der Waals surface area contributed by atoms with Crippen molar-refractivity contribution in [1.82, 2.24) is 5.32 Å². The van der Waals surface area contributed by atoms with Crippen molar-refractivity contribution in [2.24, 2.45) is 0 Å². The number of carbonyl (C=O) groups excluding carboxylic acids is 3. The molecule has 1 amide bonds. The van der Waals surface area contributed by atoms with Crippen LogP contribution in [0.5, 0.6) is 0 Å². The fourth-order valence-corrected chi connectivity index (χ4v) is 2.70. The van der Waals surface area contributed by atoms with E-state index in [0.717, 1.165) is 0 Å². The molecule has 0 saturated carbocycles. The number of benzene rings is 2. The molecule has 23 heavy (non-hydrogen) atoms. The Morgan fingerprint density at radius 1 is 0.957 bits per heavy atom. The Bertz CT molecular complexity index is 849. The van der Waals surface area contributed by atoms with Gasteiger partial charge in [-0.2, -0.15) is 0 Å². The van der Waals surface area contributed by atoms with Crippen LogP contribution in [-0.2, 0) is 0 Å². The third-order valence-electron chi connectivity index (χ3n) is 3.81. The summed E-state index contributed by atoms with van der Waals surface area (Å²) in [7, 11) is 0. The monoisotopic (exact) mass is 305 g/mol. The number of hydrogen-bond acceptors (Lipinski definition) is 3. The highest BCUT2D eigenvalue weighted by atomic mass is 16.2. The number of allylic oxidation sites excluding steroid dienone is 1. The summed E-state index contributed by atoms with van der Waals surface area (Å²) in [4.78, 5) is 37.7. The van der Waals surface area contributed by atoms with Crippen LogP contribution in [0.3, 0.4) is 0 Å². The summed E-state index contributed by atoms with van der Waals surface area (Å²) in [5.41, 5.74) is 1.44. The summed E-state index contributed by atoms with van der Waals surface area (Å²) in [6, 6.07) is 11.5. The van der Waals surface area contributed by atoms with Gasteiger partial charge in [0, 0.05) is 28.8 Å². The minimum absolute atomic E-state index is 0.189. The second-order valence-corrected chi connectivity index (χ2v) is 5.21. The minimum Gasteiger partial charge on any atom is -0.349 e. The highest BCUT2D eigenvalue weighted by Crippen LogP contribution is 2.29. The molecule has 0 atom stereocenters. The van der Waals surface area contributed by atoms with Crippen molar-refractivity contribution in [1.29, 1.82) is 0 Å². The van der Waals surface area contributed by atoms with E-state index in [0.29, 0.717) is 17.7 Å². The van der Waals surface area contributed by atoms with E-state index < -0.39 is 0 Å². The predicted molar refractivity (Wildman–Crippen MR) is 86.9 cm³/mol. The Hall–Kier alpha value is -3.01. The molecule has 1 aliphatic rings. The van der Waals surface area contributed by atoms with Gasteiger partial charge >= 0.3 is 0 Å². The number of carbonyl (C=O) groups is 3. The standard InChI is InChI=1S/C19H15NO3/c1-2-3-11-20-19(23)15-10-6-9-14-16(15)18(22)13-8-5-4-7-12(13)17(14)21/h2-10H,11H2,1H3,(H,20,23). The van der Waals surface area contributed by atoms with E-state index in [-0.39, 0.29) is 34.2 Å². The summed E-state index contributed by atoms with van der Waals surface area (Å²) in [6.45, 7) is 2.23. The predicted octanol–water partition coefficient (Wildman–Crippen LogP) is 2.77. The Morgan fingerprint density at radius 2 is 1.61 bits per heavy atom. The Morgan fingerprint density at radius 3 is 2.30 bits per heavy atom. The Labute approximate surface area is 133 Å². The van der Waals surface area contributed by atoms with Gasteiger partial charge in [0.1, 0.15) is 0 Å². The van der Waals surface area contributed by atoms with Gasteiger partial charge in [-0.05, 0) is 13.0 Å². The summed E-state index contributed by atoms with van der Waals surface area (Å²) in [5, 5.41) is 2.72. The molecular weight excluding hydrogens is 290 g/mol. The van der Waals surface area contributed by atoms with E-state index in [4.69, 9.17) is 0 Å². The van der Waals surface area contributed by atoms with Gasteiger partial charge in [-0.1, -0.05) is 48.6 Å². The third kappa shape index (κ3) is 2.48. The molecule has 0 unspecified atom stereocenters. The van der Waals surface area contributed by atoms with Gasteiger partial charge in [0.15, 0.2) is 11.6 Å². The van der Waals surface area contributed by atoms with Crippen molar-refractivity contribution >= 4 is 17.5 Å². The number of fused-ring (bicyclic) bond motifs is 2. The van der Waals surface area contributed by atoms with Gasteiger partial charge in [-0.3, -0.25) is 14.4 Å². The second kappa shape index (κ2) is 6.01. The fraction of sp³-hybridized carbons (Fsp3) is 0.105. The number of nitrogens with one attached hydrogen (secondary N) is 1. The maximum absolute atomic E-state index is 12.8. The zero-order chi connectivity index (χ0) is 16.4. The number of hydrogen-bond donors (Lipinski definition) is 1. The van der Waals surface area contributed by atoms with Gasteiger partial charge in [-0.25, -0.2) is 0 Å². The van der Waals surface area contributed by atoms with Crippen LogP contribution in [0.15, 0.2) is 54.6 Å². The molecule has 3 rings (SSSR count). The first-order valence-corrected chi connectivity index (χ1v) is 7.36. The molecule has 0 spiro atoms. The fourth-order valence-electron chi connectivity index (χ4n) is 2.70. The second-order valence-electron chi connectivity index (χ2n) is 5.21. The van der Waals surface area contributed by atoms with Gasteiger partial charge < -0.3 is 5.32 Å². The quantitative estimate of drug-likeness (QED) is 0.757. The molecular formula is C19H15NO3. The molecule has 0 aromatic heterocycles. The summed E-state index contributed by atoms with van der Waals surface area (Å²) < 4.78 is 0. The lowest BCUT2D eigenvalue weighted by Crippen LogP contribution is -2.29. The topological polar surface area (TPSA) is 63.2 Å². The molecule has 1 aliphatic carbocycles. The van der Waals surface area contributed by atoms with Crippen LogP contribution in [0, 0.1) is 0 Å². The average Bonchev–Trinajstić information content (AvgIpc) is 2.59. The SMILES string of the molecule is CC=CCNC(=O)c1cccc2c1C(=O)c1ccccc1C2=O. The molecule has 0 aliphatic heterocycles. The maximum Gasteiger partial charge on any atom is 0.252 e. The number of amides is 1. The summed E-state index contributed by atoms with van der Waals surface area (Å²) >= 11 is 0. The van der Waals surface area contributed by atoms with Crippen LogP contribution >= 0.6 is 0 Å². The molecule has 114 valence electrons. The van der Waals surface area contributed by atoms with E-state index >= 15 is 0 Å². The van der Waals surface area contributed by atoms with Gasteiger partial charge in [0.2, 0.25) is 0 Å². The molecule has 4 heteroatoms. The van der Waals surface area contributed by atoms with Crippen LogP contribution in [0.25, 0.3) is 0 Å². The molecule has 1 N–H and O–H groups in total. The van der Waals surface area contributed by atoms with Gasteiger partial charge in [0.25, 0.3) is 5.91 Å². The van der Waals surface area contributed by atoms with Crippen molar-refractivity contribution in [2.75, 3.05) is 6.54 Å². The Balaban J connectivity index is 2.09. The lowest BCUT2D eigenvalue weighted by molar-refractivity contribution is 0.0940. The van der Waals surface area contributed by atoms with Crippen LogP contribution in [0.1, 0.15) is 49.1 Å². The highest BCUT2D eigenvalue weighted by molar-refractivity contribution is 6.30. The largest absolute Gasteiger partial charge is 0.349 e. The first kappa shape index (κ1) is 14.9. The maximum atomic E-state index is 12.8. The highest BCUT2D eigenvalue weighted by Gasteiger charge is 2.32. The number of ketones is 2. The zero-order valence-corrected chi connectivity index (χ0v) is 12.6. The molecule has 0 radical (unpaired) electrons. The van der Waals surface area contributed by atoms with Crippen molar-refractivity contribution in [3.8, 4) is 0 Å². The van der Waals surface area contributed by atoms with Crippen LogP contribution in [0.2, 0.25) is 0 Å². The van der Waals surface area contributed by atoms with Crippen molar-refractivity contribution in [3.05, 3.63) is 82.4 Å². The lowest BCUT2D eigenvalue weighted by atomic mass is 9.81. The normalized spacial score (nSPS) is 12.9. The van der Waals surface area contributed by atoms with Crippen LogP contribution in [0.4, 0.5) is 0 Å². The van der Waals surface area contributed by atoms with Crippen molar-refractivity contribution in [2.45, 2.75) is 6.92 Å². The zero-order valence-electron chi connectivity index (χ0n) is 12.6.